The second-order valence-corrected chi connectivity index (χ2v) is 29.0. The number of rotatable bonds is 3. The summed E-state index contributed by atoms with van der Waals surface area (Å²) < 4.78 is 5.10. The molecule has 1 unspecified atom stereocenters. The number of benzene rings is 18. The van der Waals surface area contributed by atoms with E-state index in [1.54, 1.807) is 5.56 Å². The fraction of sp³-hybridized carbons (Fsp3) is 0.262. The van der Waals surface area contributed by atoms with Gasteiger partial charge in [-0.05, 0) is 227 Å². The van der Waals surface area contributed by atoms with E-state index < -0.39 is 0 Å². The van der Waals surface area contributed by atoms with Crippen LogP contribution in [0.5, 0.6) is 0 Å². The molecule has 0 N–H and O–H groups in total. The molecule has 20 aromatic rings. The second kappa shape index (κ2) is 42.8. The van der Waals surface area contributed by atoms with Gasteiger partial charge in [-0.1, -0.05) is 434 Å². The molecular formula is C122H140N2. The first-order valence-corrected chi connectivity index (χ1v) is 45.9. The van der Waals surface area contributed by atoms with Crippen molar-refractivity contribution in [3.05, 3.63) is 336 Å². The smallest absolute Gasteiger partial charge is 0.0574 e. The van der Waals surface area contributed by atoms with Crippen LogP contribution in [0.4, 0.5) is 0 Å². The third kappa shape index (κ3) is 15.5. The van der Waals surface area contributed by atoms with Gasteiger partial charge in [0.1, 0.15) is 0 Å². The number of aromatic nitrogens is 2. The predicted molar refractivity (Wildman–Crippen MR) is 566 cm³/mol. The molecule has 4 aliphatic rings. The summed E-state index contributed by atoms with van der Waals surface area (Å²) >= 11 is 0. The van der Waals surface area contributed by atoms with E-state index in [2.05, 4.69) is 321 Å². The Hall–Kier alpha value is -12.1. The van der Waals surface area contributed by atoms with Gasteiger partial charge in [-0.25, -0.2) is 0 Å². The van der Waals surface area contributed by atoms with Gasteiger partial charge in [-0.2, -0.15) is 0 Å². The van der Waals surface area contributed by atoms with Gasteiger partial charge in [0.2, 0.25) is 0 Å². The molecule has 0 spiro atoms. The second-order valence-electron chi connectivity index (χ2n) is 29.0. The number of hydrogen-bond acceptors (Lipinski definition) is 0. The van der Waals surface area contributed by atoms with Crippen molar-refractivity contribution < 1.29 is 0 Å². The van der Waals surface area contributed by atoms with Crippen LogP contribution in [-0.2, 0) is 32.4 Å². The van der Waals surface area contributed by atoms with Crippen LogP contribution in [0.25, 0.3) is 185 Å². The quantitative estimate of drug-likeness (QED) is 0.156. The molecule has 124 heavy (non-hydrogen) atoms. The zero-order valence-electron chi connectivity index (χ0n) is 75.4. The van der Waals surface area contributed by atoms with Gasteiger partial charge in [0, 0.05) is 68.8 Å². The molecule has 0 saturated heterocycles. The highest BCUT2D eigenvalue weighted by atomic mass is 15.0. The van der Waals surface area contributed by atoms with E-state index in [9.17, 15) is 0 Å². The number of hydrogen-bond donors (Lipinski definition) is 0. The van der Waals surface area contributed by atoms with Gasteiger partial charge in [-0.15, -0.1) is 0 Å². The molecule has 18 aromatic carbocycles. The molecule has 4 aliphatic carbocycles. The lowest BCUT2D eigenvalue weighted by Gasteiger charge is -2.15. The summed E-state index contributed by atoms with van der Waals surface area (Å²) in [4.78, 5) is 0. The Morgan fingerprint density at radius 3 is 1.15 bits per heavy atom. The molecule has 2 nitrogen and oxygen atoms in total. The lowest BCUT2D eigenvalue weighted by atomic mass is 9.89. The Morgan fingerprint density at radius 1 is 0.234 bits per heavy atom. The molecule has 0 saturated carbocycles. The average molecular weight is 1630 g/mol. The van der Waals surface area contributed by atoms with Crippen LogP contribution >= 0.6 is 0 Å². The van der Waals surface area contributed by atoms with E-state index in [1.807, 2.05) is 125 Å². The van der Waals surface area contributed by atoms with Crippen molar-refractivity contribution in [1.29, 1.82) is 0 Å². The van der Waals surface area contributed by atoms with Gasteiger partial charge in [-0.3, -0.25) is 0 Å². The summed E-state index contributed by atoms with van der Waals surface area (Å²) in [7, 11) is 0. The summed E-state index contributed by atoms with van der Waals surface area (Å²) in [6, 6.07) is 109. The molecule has 0 fully saturated rings. The fourth-order valence-corrected chi connectivity index (χ4v) is 20.2. The van der Waals surface area contributed by atoms with Crippen molar-refractivity contribution in [2.45, 2.75) is 220 Å². The van der Waals surface area contributed by atoms with E-state index in [1.165, 1.54) is 224 Å². The van der Waals surface area contributed by atoms with E-state index >= 15 is 0 Å². The molecule has 2 heterocycles. The molecule has 2 aromatic heterocycles. The van der Waals surface area contributed by atoms with Crippen LogP contribution < -0.4 is 0 Å². The van der Waals surface area contributed by atoms with Crippen molar-refractivity contribution in [2.75, 3.05) is 0 Å². The first kappa shape index (κ1) is 95.7. The first-order chi connectivity index (χ1) is 59.5. The number of fused-ring (bicyclic) bond motifs is 41. The van der Waals surface area contributed by atoms with Crippen LogP contribution in [0.2, 0.25) is 0 Å². The zero-order chi connectivity index (χ0) is 85.2. The Balaban J connectivity index is 0.000000191. The highest BCUT2D eigenvalue weighted by Crippen LogP contribution is 2.58. The molecule has 0 bridgehead atoms. The maximum atomic E-state index is 2.55. The number of nitrogens with zero attached hydrogens (tertiary/aromatic N) is 2. The molecule has 0 radical (unpaired) electrons. The van der Waals surface area contributed by atoms with Gasteiger partial charge < -0.3 is 9.13 Å². The molecular weight excluding hydrogens is 1490 g/mol. The predicted octanol–water partition coefficient (Wildman–Crippen LogP) is 38.7. The van der Waals surface area contributed by atoms with Crippen LogP contribution in [-0.4, -0.2) is 9.13 Å². The molecule has 638 valence electrons. The highest BCUT2D eigenvalue weighted by Gasteiger charge is 2.36. The molecule has 0 aliphatic heterocycles. The fourth-order valence-electron chi connectivity index (χ4n) is 20.2. The molecule has 2 heteroatoms. The van der Waals surface area contributed by atoms with Gasteiger partial charge >= 0.3 is 0 Å². The molecule has 0 amide bonds. The summed E-state index contributed by atoms with van der Waals surface area (Å²) in [6.45, 7) is 44.8. The monoisotopic (exact) mass is 1630 g/mol. The SMILES string of the molecule is C.C.C.C.CC.CC.CC.CC.CC.CC.CC.CC.CC.CCC1c2ccc3c(c2-c2ccc4ccccc4c21)Cc1c-3ccc2ccccc12.CCn1c2cc3ccccc3cc2c2c3c(c4ccccc4c21)-c1c(c2ccccc2c2ccccc12)C3.CCn1c2ccc3ccccc3c2c2c3c(c4ccccc4c21)-c1c(ccc2ccccc12)C3. The highest BCUT2D eigenvalue weighted by molar-refractivity contribution is 6.32. The lowest BCUT2D eigenvalue weighted by molar-refractivity contribution is 0.803. The van der Waals surface area contributed by atoms with Crippen molar-refractivity contribution in [3.8, 4) is 44.5 Å². The van der Waals surface area contributed by atoms with Gasteiger partial charge in [0.05, 0.1) is 11.0 Å². The van der Waals surface area contributed by atoms with Gasteiger partial charge in [0.25, 0.3) is 0 Å². The van der Waals surface area contributed by atoms with Crippen LogP contribution in [0.1, 0.15) is 232 Å². The maximum absolute atomic E-state index is 2.55. The summed E-state index contributed by atoms with van der Waals surface area (Å²) in [5, 5.41) is 30.1. The zero-order valence-corrected chi connectivity index (χ0v) is 75.4. The van der Waals surface area contributed by atoms with Crippen molar-refractivity contribution in [2.24, 2.45) is 0 Å². The first-order valence-electron chi connectivity index (χ1n) is 45.9. The van der Waals surface area contributed by atoms with Crippen LogP contribution in [0, 0.1) is 0 Å². The Morgan fingerprint density at radius 2 is 0.597 bits per heavy atom. The van der Waals surface area contributed by atoms with Crippen molar-refractivity contribution >= 4 is 141 Å². The Labute approximate surface area is 744 Å². The molecule has 24 rings (SSSR count). The molecule has 1 atom stereocenters. The minimum absolute atomic E-state index is 0. The average Bonchev–Trinajstić information content (AvgIpc) is 1.53. The van der Waals surface area contributed by atoms with E-state index in [0.29, 0.717) is 5.92 Å². The summed E-state index contributed by atoms with van der Waals surface area (Å²) in [6.07, 6.45) is 4.14. The lowest BCUT2D eigenvalue weighted by Crippen LogP contribution is -1.96. The summed E-state index contributed by atoms with van der Waals surface area (Å²) in [5.41, 5.74) is 29.1. The van der Waals surface area contributed by atoms with Crippen molar-refractivity contribution in [1.82, 2.24) is 9.13 Å². The van der Waals surface area contributed by atoms with Crippen LogP contribution in [0.3, 0.4) is 0 Å². The van der Waals surface area contributed by atoms with Crippen LogP contribution in [0.15, 0.2) is 291 Å². The topological polar surface area (TPSA) is 9.86 Å². The Kier molecular flexibility index (Phi) is 33.0. The minimum atomic E-state index is 0. The third-order valence-corrected chi connectivity index (χ3v) is 24.3. The van der Waals surface area contributed by atoms with E-state index in [4.69, 9.17) is 0 Å². The largest absolute Gasteiger partial charge is 0.340 e. The Bertz CT molecular complexity index is 7110. The van der Waals surface area contributed by atoms with Crippen molar-refractivity contribution in [3.63, 3.8) is 0 Å². The standard InChI is InChI=1S/C37H25N.C33H23N.C30H22.9C2H6.4CH4/c1-2-38-33-20-23-12-4-3-11-22(23)19-31(33)36-32-21-30-26-15-6-5-13-24(26)25-14-7-8-16-27(25)34(30)35(32)28-17-9-10-18-29(28)37(36)38;1-2-34-28-18-17-21-10-4-6-12-24(21)31(28)32-27-19-22-16-15-20-9-3-5-11-23(20)29(22)30(27)25-13-7-8-14-26(25)33(32)34;1-2-20-25-16-15-24-23-13-11-18-7-3-5-9-21(18)27(23)17-28(24)30(25)26-14-12-19-8-4-6-10-22(19)29(20)26;9*1-2;;;;/h3-20H,2,21H2,1H3;3-18H,2,19H2,1H3;3-16,20H,2,17H2,1H3;9*1-2H3;4*1H4. The van der Waals surface area contributed by atoms with E-state index in [-0.39, 0.29) is 29.7 Å². The number of aryl methyl sites for hydroxylation is 2. The van der Waals surface area contributed by atoms with E-state index in [0.717, 1.165) is 38.8 Å². The third-order valence-electron chi connectivity index (χ3n) is 24.3. The summed E-state index contributed by atoms with van der Waals surface area (Å²) in [5.74, 6) is 0.492. The normalized spacial score (nSPS) is 11.7. The minimum Gasteiger partial charge on any atom is -0.340 e. The maximum Gasteiger partial charge on any atom is 0.0574 e. The van der Waals surface area contributed by atoms with Gasteiger partial charge in [0.15, 0.2) is 0 Å².